The molecule has 2 aromatic carbocycles. The molecular formula is C17H18F3N. The summed E-state index contributed by atoms with van der Waals surface area (Å²) in [7, 11) is 0. The molecule has 0 saturated heterocycles. The lowest BCUT2D eigenvalue weighted by Gasteiger charge is -2.20. The fourth-order valence-corrected chi connectivity index (χ4v) is 2.32. The lowest BCUT2D eigenvalue weighted by Crippen LogP contribution is -2.12. The van der Waals surface area contributed by atoms with E-state index in [1.807, 2.05) is 37.3 Å². The normalized spacial score (nSPS) is 13.0. The molecule has 1 unspecified atom stereocenters. The molecule has 0 aliphatic carbocycles. The smallest absolute Gasteiger partial charge is 0.378 e. The van der Waals surface area contributed by atoms with Crippen LogP contribution < -0.4 is 5.32 Å². The van der Waals surface area contributed by atoms with Crippen LogP contribution in [0.3, 0.4) is 0 Å². The summed E-state index contributed by atoms with van der Waals surface area (Å²) in [6, 6.07) is 14.1. The van der Waals surface area contributed by atoms with Crippen LogP contribution in [0, 0.1) is 6.92 Å². The third kappa shape index (κ3) is 3.78. The summed E-state index contributed by atoms with van der Waals surface area (Å²) in [5, 5.41) is 3.18. The predicted molar refractivity (Wildman–Crippen MR) is 79.3 cm³/mol. The number of anilines is 1. The highest BCUT2D eigenvalue weighted by Crippen LogP contribution is 2.34. The second-order valence-corrected chi connectivity index (χ2v) is 5.04. The molecule has 2 rings (SSSR count). The van der Waals surface area contributed by atoms with E-state index in [-0.39, 0.29) is 11.6 Å². The Kier molecular flexibility index (Phi) is 4.56. The van der Waals surface area contributed by atoms with Crippen molar-refractivity contribution in [1.29, 1.82) is 0 Å². The van der Waals surface area contributed by atoms with Gasteiger partial charge in [0.25, 0.3) is 0 Å². The molecule has 0 fully saturated rings. The summed E-state index contributed by atoms with van der Waals surface area (Å²) in [4.78, 5) is 0. The molecule has 0 radical (unpaired) electrons. The zero-order chi connectivity index (χ0) is 15.5. The van der Waals surface area contributed by atoms with Crippen LogP contribution in [0.4, 0.5) is 18.9 Å². The number of hydrogen-bond acceptors (Lipinski definition) is 1. The monoisotopic (exact) mass is 293 g/mol. The molecule has 112 valence electrons. The Morgan fingerprint density at radius 1 is 1.05 bits per heavy atom. The minimum absolute atomic E-state index is 0.00464. The molecule has 2 aromatic rings. The Bertz CT molecular complexity index is 591. The molecular weight excluding hydrogens is 275 g/mol. The number of benzene rings is 2. The Balaban J connectivity index is 2.27. The van der Waals surface area contributed by atoms with E-state index in [2.05, 4.69) is 5.32 Å². The molecule has 0 aliphatic heterocycles. The van der Waals surface area contributed by atoms with Crippen molar-refractivity contribution in [3.63, 3.8) is 0 Å². The third-order valence-electron chi connectivity index (χ3n) is 3.49. The summed E-state index contributed by atoms with van der Waals surface area (Å²) in [5.74, 6) is 0. The average Bonchev–Trinajstić information content (AvgIpc) is 2.46. The fourth-order valence-electron chi connectivity index (χ4n) is 2.32. The van der Waals surface area contributed by atoms with Gasteiger partial charge in [-0.15, -0.1) is 0 Å². The van der Waals surface area contributed by atoms with Crippen molar-refractivity contribution in [3.05, 3.63) is 65.2 Å². The van der Waals surface area contributed by atoms with Crippen molar-refractivity contribution in [3.8, 4) is 0 Å². The minimum atomic E-state index is -4.32. The zero-order valence-corrected chi connectivity index (χ0v) is 12.0. The standard InChI is InChI=1S/C17H18F3N/c1-3-16(13-7-5-4-6-8-13)21-14-10-9-12(2)15(11-14)17(18,19)20/h4-11,16,21H,3H2,1-2H3. The highest BCUT2D eigenvalue weighted by molar-refractivity contribution is 5.51. The topological polar surface area (TPSA) is 12.0 Å². The van der Waals surface area contributed by atoms with Crippen molar-refractivity contribution in [2.24, 2.45) is 0 Å². The van der Waals surface area contributed by atoms with E-state index in [0.717, 1.165) is 12.0 Å². The number of alkyl halides is 3. The fraction of sp³-hybridized carbons (Fsp3) is 0.294. The first-order chi connectivity index (χ1) is 9.91. The second kappa shape index (κ2) is 6.20. The lowest BCUT2D eigenvalue weighted by atomic mass is 10.0. The predicted octanol–water partition coefficient (Wildman–Crippen LogP) is 5.58. The first-order valence-electron chi connectivity index (χ1n) is 6.91. The molecule has 1 atom stereocenters. The van der Waals surface area contributed by atoms with Crippen molar-refractivity contribution in [2.45, 2.75) is 32.5 Å². The van der Waals surface area contributed by atoms with Gasteiger partial charge < -0.3 is 5.32 Å². The van der Waals surface area contributed by atoms with E-state index < -0.39 is 11.7 Å². The maximum atomic E-state index is 12.9. The molecule has 21 heavy (non-hydrogen) atoms. The van der Waals surface area contributed by atoms with Gasteiger partial charge in [0.05, 0.1) is 11.6 Å². The van der Waals surface area contributed by atoms with Gasteiger partial charge in [-0.1, -0.05) is 43.3 Å². The number of nitrogens with one attached hydrogen (secondary N) is 1. The summed E-state index contributed by atoms with van der Waals surface area (Å²) in [6.45, 7) is 3.48. The maximum absolute atomic E-state index is 12.9. The van der Waals surface area contributed by atoms with Crippen LogP contribution in [0.2, 0.25) is 0 Å². The number of hydrogen-bond donors (Lipinski definition) is 1. The van der Waals surface area contributed by atoms with Crippen LogP contribution in [0.25, 0.3) is 0 Å². The number of halogens is 3. The van der Waals surface area contributed by atoms with Gasteiger partial charge in [0.15, 0.2) is 0 Å². The Hall–Kier alpha value is -1.97. The van der Waals surface area contributed by atoms with Gasteiger partial charge in [-0.25, -0.2) is 0 Å². The molecule has 0 aromatic heterocycles. The van der Waals surface area contributed by atoms with Crippen LogP contribution in [0.15, 0.2) is 48.5 Å². The van der Waals surface area contributed by atoms with Crippen molar-refractivity contribution >= 4 is 5.69 Å². The van der Waals surface area contributed by atoms with Crippen molar-refractivity contribution < 1.29 is 13.2 Å². The first-order valence-corrected chi connectivity index (χ1v) is 6.91. The maximum Gasteiger partial charge on any atom is 0.416 e. The third-order valence-corrected chi connectivity index (χ3v) is 3.49. The Morgan fingerprint density at radius 3 is 2.29 bits per heavy atom. The molecule has 0 amide bonds. The van der Waals surface area contributed by atoms with Gasteiger partial charge in [0.2, 0.25) is 0 Å². The van der Waals surface area contributed by atoms with E-state index in [1.54, 1.807) is 6.07 Å². The molecule has 0 spiro atoms. The van der Waals surface area contributed by atoms with Crippen LogP contribution >= 0.6 is 0 Å². The van der Waals surface area contributed by atoms with Crippen LogP contribution in [0.1, 0.15) is 36.1 Å². The molecule has 0 saturated carbocycles. The van der Waals surface area contributed by atoms with Crippen LogP contribution in [0.5, 0.6) is 0 Å². The summed E-state index contributed by atoms with van der Waals surface area (Å²) >= 11 is 0. The molecule has 0 aliphatic rings. The Morgan fingerprint density at radius 2 is 1.71 bits per heavy atom. The average molecular weight is 293 g/mol. The quantitative estimate of drug-likeness (QED) is 0.776. The molecule has 1 N–H and O–H groups in total. The van der Waals surface area contributed by atoms with E-state index >= 15 is 0 Å². The molecule has 4 heteroatoms. The summed E-state index contributed by atoms with van der Waals surface area (Å²) in [6.07, 6.45) is -3.53. The van der Waals surface area contributed by atoms with Gasteiger partial charge in [-0.2, -0.15) is 13.2 Å². The van der Waals surface area contributed by atoms with Crippen LogP contribution in [-0.4, -0.2) is 0 Å². The SMILES string of the molecule is CCC(Nc1ccc(C)c(C(F)(F)F)c1)c1ccccc1. The highest BCUT2D eigenvalue weighted by atomic mass is 19.4. The van der Waals surface area contributed by atoms with Crippen LogP contribution in [-0.2, 0) is 6.18 Å². The molecule has 0 bridgehead atoms. The van der Waals surface area contributed by atoms with Gasteiger partial charge >= 0.3 is 6.18 Å². The Labute approximate surface area is 122 Å². The van der Waals surface area contributed by atoms with Gasteiger partial charge in [-0.05, 0) is 36.6 Å². The largest absolute Gasteiger partial charge is 0.416 e. The van der Waals surface area contributed by atoms with Gasteiger partial charge in [0.1, 0.15) is 0 Å². The molecule has 1 nitrogen and oxygen atoms in total. The van der Waals surface area contributed by atoms with Crippen molar-refractivity contribution in [2.75, 3.05) is 5.32 Å². The van der Waals surface area contributed by atoms with Gasteiger partial charge in [-0.3, -0.25) is 0 Å². The van der Waals surface area contributed by atoms with Crippen molar-refractivity contribution in [1.82, 2.24) is 0 Å². The summed E-state index contributed by atoms with van der Waals surface area (Å²) in [5.41, 5.74) is 1.20. The van der Waals surface area contributed by atoms with E-state index in [1.165, 1.54) is 19.1 Å². The van der Waals surface area contributed by atoms with E-state index in [4.69, 9.17) is 0 Å². The highest BCUT2D eigenvalue weighted by Gasteiger charge is 2.32. The zero-order valence-electron chi connectivity index (χ0n) is 12.0. The summed E-state index contributed by atoms with van der Waals surface area (Å²) < 4.78 is 38.8. The number of rotatable bonds is 4. The number of aryl methyl sites for hydroxylation is 1. The van der Waals surface area contributed by atoms with E-state index in [9.17, 15) is 13.2 Å². The molecule has 0 heterocycles. The lowest BCUT2D eigenvalue weighted by molar-refractivity contribution is -0.138. The minimum Gasteiger partial charge on any atom is -0.378 e. The second-order valence-electron chi connectivity index (χ2n) is 5.04. The first kappa shape index (κ1) is 15.4. The van der Waals surface area contributed by atoms with Gasteiger partial charge in [0, 0.05) is 5.69 Å². The van der Waals surface area contributed by atoms with E-state index in [0.29, 0.717) is 5.69 Å².